The molecule has 0 bridgehead atoms. The van der Waals surface area contributed by atoms with Gasteiger partial charge < -0.3 is 10.2 Å². The fraction of sp³-hybridized carbons (Fsp3) is 0. The smallest absolute Gasteiger partial charge is 0.419 e. The number of carboxylic acid groups (broad SMARTS) is 2. The van der Waals surface area contributed by atoms with E-state index in [-0.39, 0.29) is 9.95 Å². The quantitative estimate of drug-likeness (QED) is 0.839. The normalized spacial score (nSPS) is 10.5. The van der Waals surface area contributed by atoms with Crippen LogP contribution in [0.4, 0.5) is 4.79 Å². The maximum Gasteiger partial charge on any atom is 0.419 e. The average Bonchev–Trinajstić information content (AvgIpc) is 2.27. The van der Waals surface area contributed by atoms with Crippen molar-refractivity contribution < 1.29 is 19.8 Å². The number of pyridine rings is 1. The molecule has 1 aromatic heterocycles. The number of fused-ring (bicyclic) bond motifs is 1. The molecular formula is C11H6BrNO5. The number of aromatic nitrogens is 1. The topological polar surface area (TPSA) is 96.6 Å². The molecule has 0 saturated carbocycles. The van der Waals surface area contributed by atoms with Crippen LogP contribution in [0.25, 0.3) is 10.8 Å². The summed E-state index contributed by atoms with van der Waals surface area (Å²) in [6.45, 7) is 0. The number of nitrogens with zero attached hydrogens (tertiary/aromatic N) is 1. The van der Waals surface area contributed by atoms with E-state index in [0.29, 0.717) is 9.86 Å². The van der Waals surface area contributed by atoms with Crippen LogP contribution in [0.2, 0.25) is 0 Å². The molecule has 2 rings (SSSR count). The van der Waals surface area contributed by atoms with E-state index < -0.39 is 23.3 Å². The number of hydrogen-bond donors (Lipinski definition) is 2. The van der Waals surface area contributed by atoms with Gasteiger partial charge in [-0.1, -0.05) is 15.9 Å². The van der Waals surface area contributed by atoms with Crippen molar-refractivity contribution in [3.05, 3.63) is 44.8 Å². The van der Waals surface area contributed by atoms with Crippen LogP contribution in [-0.4, -0.2) is 26.8 Å². The number of rotatable bonds is 1. The molecule has 0 amide bonds. The third kappa shape index (κ3) is 1.88. The Morgan fingerprint density at radius 1 is 1.17 bits per heavy atom. The Kier molecular flexibility index (Phi) is 2.92. The first-order valence-corrected chi connectivity index (χ1v) is 5.53. The lowest BCUT2D eigenvalue weighted by Gasteiger charge is -2.07. The van der Waals surface area contributed by atoms with Crippen LogP contribution in [0.15, 0.2) is 33.5 Å². The highest BCUT2D eigenvalue weighted by Crippen LogP contribution is 2.18. The summed E-state index contributed by atoms with van der Waals surface area (Å²) in [5, 5.41) is 18.3. The molecule has 1 aromatic carbocycles. The Balaban J connectivity index is 2.99. The molecule has 1 heterocycles. The summed E-state index contributed by atoms with van der Waals surface area (Å²) in [5.74, 6) is -1.48. The summed E-state index contributed by atoms with van der Waals surface area (Å²) in [6, 6.07) is 5.72. The molecule has 18 heavy (non-hydrogen) atoms. The molecule has 6 nitrogen and oxygen atoms in total. The van der Waals surface area contributed by atoms with Crippen LogP contribution in [0, 0.1) is 0 Å². The Labute approximate surface area is 108 Å². The van der Waals surface area contributed by atoms with Gasteiger partial charge in [0.25, 0.3) is 5.56 Å². The van der Waals surface area contributed by atoms with Crippen molar-refractivity contribution in [3.8, 4) is 0 Å². The van der Waals surface area contributed by atoms with Gasteiger partial charge in [0, 0.05) is 9.86 Å². The van der Waals surface area contributed by atoms with Crippen molar-refractivity contribution >= 4 is 38.8 Å². The number of carbonyl (C=O) groups is 2. The second kappa shape index (κ2) is 4.26. The number of hydrogen-bond acceptors (Lipinski definition) is 3. The summed E-state index contributed by atoms with van der Waals surface area (Å²) < 4.78 is 0.886. The summed E-state index contributed by atoms with van der Waals surface area (Å²) in [4.78, 5) is 33.8. The van der Waals surface area contributed by atoms with Gasteiger partial charge in [-0.05, 0) is 29.7 Å². The molecular weight excluding hydrogens is 306 g/mol. The second-order valence-electron chi connectivity index (χ2n) is 3.49. The molecule has 0 atom stereocenters. The van der Waals surface area contributed by atoms with Gasteiger partial charge in [0.1, 0.15) is 5.69 Å². The van der Waals surface area contributed by atoms with Crippen molar-refractivity contribution in [1.29, 1.82) is 0 Å². The zero-order valence-corrected chi connectivity index (χ0v) is 10.3. The summed E-state index contributed by atoms with van der Waals surface area (Å²) in [6.07, 6.45) is -1.62. The minimum absolute atomic E-state index is 0.144. The molecule has 0 aliphatic carbocycles. The van der Waals surface area contributed by atoms with E-state index in [0.717, 1.165) is 6.07 Å². The Morgan fingerprint density at radius 3 is 2.39 bits per heavy atom. The maximum atomic E-state index is 11.9. The molecule has 2 aromatic rings. The number of aromatic carboxylic acids is 1. The van der Waals surface area contributed by atoms with E-state index >= 15 is 0 Å². The average molecular weight is 312 g/mol. The van der Waals surface area contributed by atoms with Gasteiger partial charge >= 0.3 is 12.1 Å². The van der Waals surface area contributed by atoms with Crippen LogP contribution in [-0.2, 0) is 0 Å². The number of benzene rings is 1. The molecule has 0 fully saturated rings. The van der Waals surface area contributed by atoms with Crippen LogP contribution >= 0.6 is 15.9 Å². The first-order chi connectivity index (χ1) is 8.41. The minimum atomic E-state index is -1.62. The highest BCUT2D eigenvalue weighted by molar-refractivity contribution is 9.10. The third-order valence-corrected chi connectivity index (χ3v) is 2.88. The first kappa shape index (κ1) is 12.3. The van der Waals surface area contributed by atoms with Gasteiger partial charge in [-0.15, -0.1) is 0 Å². The lowest BCUT2D eigenvalue weighted by Crippen LogP contribution is -2.30. The zero-order valence-electron chi connectivity index (χ0n) is 8.75. The summed E-state index contributed by atoms with van der Waals surface area (Å²) in [5.41, 5.74) is -1.46. The predicted octanol–water partition coefficient (Wildman–Crippen LogP) is 1.99. The second-order valence-corrected chi connectivity index (χ2v) is 4.41. The molecule has 0 aliphatic heterocycles. The Hall–Kier alpha value is -2.15. The van der Waals surface area contributed by atoms with Crippen molar-refractivity contribution in [2.75, 3.05) is 0 Å². The van der Waals surface area contributed by atoms with Gasteiger partial charge in [0.2, 0.25) is 0 Å². The maximum absolute atomic E-state index is 11.9. The molecule has 0 spiro atoms. The van der Waals surface area contributed by atoms with Gasteiger partial charge in [-0.3, -0.25) is 4.79 Å². The standard InChI is InChI=1S/C11H6BrNO5/c12-6-1-2-7-5(3-6)4-8(10(15)16)13(9(7)14)11(17)18/h1-4H,(H,15,16)(H,17,18). The van der Waals surface area contributed by atoms with E-state index in [2.05, 4.69) is 15.9 Å². The molecule has 2 N–H and O–H groups in total. The minimum Gasteiger partial charge on any atom is -0.477 e. The third-order valence-electron chi connectivity index (χ3n) is 2.39. The van der Waals surface area contributed by atoms with Crippen LogP contribution < -0.4 is 5.56 Å². The highest BCUT2D eigenvalue weighted by Gasteiger charge is 2.19. The molecule has 92 valence electrons. The molecule has 0 aliphatic rings. The SMILES string of the molecule is O=C(O)c1cc2cc(Br)ccc2c(=O)n1C(=O)O. The number of halogens is 1. The fourth-order valence-electron chi connectivity index (χ4n) is 1.64. The van der Waals surface area contributed by atoms with E-state index in [4.69, 9.17) is 10.2 Å². The van der Waals surface area contributed by atoms with E-state index in [1.807, 2.05) is 0 Å². The van der Waals surface area contributed by atoms with Gasteiger partial charge in [-0.2, -0.15) is 0 Å². The Bertz CT molecular complexity index is 734. The van der Waals surface area contributed by atoms with Gasteiger partial charge in [0.15, 0.2) is 0 Å². The Morgan fingerprint density at radius 2 is 1.83 bits per heavy atom. The van der Waals surface area contributed by atoms with E-state index in [9.17, 15) is 14.4 Å². The first-order valence-electron chi connectivity index (χ1n) is 4.73. The molecule has 0 saturated heterocycles. The van der Waals surface area contributed by atoms with Crippen LogP contribution in [0.5, 0.6) is 0 Å². The van der Waals surface area contributed by atoms with Gasteiger partial charge in [0.05, 0.1) is 0 Å². The van der Waals surface area contributed by atoms with Crippen LogP contribution in [0.3, 0.4) is 0 Å². The van der Waals surface area contributed by atoms with E-state index in [1.54, 1.807) is 12.1 Å². The summed E-state index contributed by atoms with van der Waals surface area (Å²) in [7, 11) is 0. The largest absolute Gasteiger partial charge is 0.477 e. The van der Waals surface area contributed by atoms with Crippen molar-refractivity contribution in [1.82, 2.24) is 4.57 Å². The van der Waals surface area contributed by atoms with Crippen molar-refractivity contribution in [2.45, 2.75) is 0 Å². The molecule has 0 unspecified atom stereocenters. The fourth-order valence-corrected chi connectivity index (χ4v) is 2.02. The van der Waals surface area contributed by atoms with E-state index in [1.165, 1.54) is 6.07 Å². The summed E-state index contributed by atoms with van der Waals surface area (Å²) >= 11 is 3.19. The predicted molar refractivity (Wildman–Crippen MR) is 66.3 cm³/mol. The number of carboxylic acids is 1. The zero-order chi connectivity index (χ0) is 13.4. The highest BCUT2D eigenvalue weighted by atomic mass is 79.9. The van der Waals surface area contributed by atoms with Crippen molar-refractivity contribution in [2.24, 2.45) is 0 Å². The molecule has 0 radical (unpaired) electrons. The van der Waals surface area contributed by atoms with Crippen molar-refractivity contribution in [3.63, 3.8) is 0 Å². The monoisotopic (exact) mass is 311 g/mol. The lowest BCUT2D eigenvalue weighted by molar-refractivity contribution is 0.0682. The lowest BCUT2D eigenvalue weighted by atomic mass is 10.1. The van der Waals surface area contributed by atoms with Gasteiger partial charge in [-0.25, -0.2) is 14.2 Å². The van der Waals surface area contributed by atoms with Crippen LogP contribution in [0.1, 0.15) is 10.5 Å². The molecule has 7 heteroatoms.